The molecule has 0 unspecified atom stereocenters. The van der Waals surface area contributed by atoms with Crippen LogP contribution in [0, 0.1) is 10.1 Å². The Morgan fingerprint density at radius 1 is 1.14 bits per heavy atom. The third-order valence-corrected chi connectivity index (χ3v) is 3.15. The molecule has 0 bridgehead atoms. The highest BCUT2D eigenvalue weighted by Gasteiger charge is 2.44. The Balaban J connectivity index is 2.08. The van der Waals surface area contributed by atoms with Crippen LogP contribution in [0.25, 0.3) is 0 Å². The number of aliphatic hydroxyl groups is 4. The normalized spacial score (nSPS) is 32.7. The Morgan fingerprint density at radius 2 is 1.76 bits per heavy atom. The van der Waals surface area contributed by atoms with Gasteiger partial charge in [-0.1, -0.05) is 0 Å². The van der Waals surface area contributed by atoms with Crippen molar-refractivity contribution in [3.05, 3.63) is 34.4 Å². The van der Waals surface area contributed by atoms with Crippen LogP contribution in [0.2, 0.25) is 0 Å². The SMILES string of the molecule is O=[N+]([O-])c1ccc(O[C@H]2O[C@H](CO)[C@H](O)[C@@H](O)[C@H]2O)cc1. The molecule has 21 heavy (non-hydrogen) atoms. The van der Waals surface area contributed by atoms with E-state index in [2.05, 4.69) is 0 Å². The lowest BCUT2D eigenvalue weighted by atomic mass is 9.99. The highest BCUT2D eigenvalue weighted by molar-refractivity contribution is 5.36. The van der Waals surface area contributed by atoms with Gasteiger partial charge in [-0.15, -0.1) is 0 Å². The van der Waals surface area contributed by atoms with Crippen LogP contribution in [0.15, 0.2) is 24.3 Å². The zero-order valence-corrected chi connectivity index (χ0v) is 10.8. The first-order valence-corrected chi connectivity index (χ1v) is 6.15. The summed E-state index contributed by atoms with van der Waals surface area (Å²) in [6.45, 7) is -0.564. The number of non-ortho nitro benzene ring substituents is 1. The second-order valence-electron chi connectivity index (χ2n) is 4.57. The highest BCUT2D eigenvalue weighted by atomic mass is 16.7. The maximum Gasteiger partial charge on any atom is 0.269 e. The number of benzene rings is 1. The molecular formula is C12H15NO8. The third kappa shape index (κ3) is 3.28. The molecular weight excluding hydrogens is 286 g/mol. The van der Waals surface area contributed by atoms with E-state index in [1.165, 1.54) is 24.3 Å². The number of hydrogen-bond acceptors (Lipinski definition) is 8. The first-order chi connectivity index (χ1) is 9.93. The lowest BCUT2D eigenvalue weighted by Crippen LogP contribution is -2.60. The van der Waals surface area contributed by atoms with E-state index in [1.807, 2.05) is 0 Å². The number of nitro benzene ring substituents is 1. The largest absolute Gasteiger partial charge is 0.462 e. The van der Waals surface area contributed by atoms with Crippen LogP contribution >= 0.6 is 0 Å². The topological polar surface area (TPSA) is 143 Å². The van der Waals surface area contributed by atoms with Crippen molar-refractivity contribution in [1.82, 2.24) is 0 Å². The molecule has 1 aromatic rings. The average Bonchev–Trinajstić information content (AvgIpc) is 2.48. The van der Waals surface area contributed by atoms with Crippen LogP contribution in [0.5, 0.6) is 5.75 Å². The zero-order valence-electron chi connectivity index (χ0n) is 10.8. The summed E-state index contributed by atoms with van der Waals surface area (Å²) >= 11 is 0. The van der Waals surface area contributed by atoms with Crippen LogP contribution in [-0.4, -0.2) is 62.7 Å². The minimum Gasteiger partial charge on any atom is -0.462 e. The first-order valence-electron chi connectivity index (χ1n) is 6.15. The van der Waals surface area contributed by atoms with Gasteiger partial charge in [0.1, 0.15) is 30.2 Å². The lowest BCUT2D eigenvalue weighted by molar-refractivity contribution is -0.384. The summed E-state index contributed by atoms with van der Waals surface area (Å²) in [6, 6.07) is 5.03. The van der Waals surface area contributed by atoms with Crippen molar-refractivity contribution < 1.29 is 34.8 Å². The second kappa shape index (κ2) is 6.33. The van der Waals surface area contributed by atoms with Crippen molar-refractivity contribution in [1.29, 1.82) is 0 Å². The van der Waals surface area contributed by atoms with E-state index in [9.17, 15) is 25.4 Å². The third-order valence-electron chi connectivity index (χ3n) is 3.15. The molecule has 1 aliphatic heterocycles. The van der Waals surface area contributed by atoms with Crippen LogP contribution in [-0.2, 0) is 4.74 Å². The summed E-state index contributed by atoms with van der Waals surface area (Å²) in [4.78, 5) is 9.95. The van der Waals surface area contributed by atoms with Crippen molar-refractivity contribution in [3.8, 4) is 5.75 Å². The molecule has 4 N–H and O–H groups in total. The van der Waals surface area contributed by atoms with Crippen molar-refractivity contribution in [2.75, 3.05) is 6.61 Å². The Morgan fingerprint density at radius 3 is 2.29 bits per heavy atom. The quantitative estimate of drug-likeness (QED) is 0.400. The van der Waals surface area contributed by atoms with Gasteiger partial charge in [-0.2, -0.15) is 0 Å². The molecule has 1 heterocycles. The molecule has 9 heteroatoms. The van der Waals surface area contributed by atoms with Crippen molar-refractivity contribution in [3.63, 3.8) is 0 Å². The van der Waals surface area contributed by atoms with E-state index in [0.717, 1.165) is 0 Å². The Kier molecular flexibility index (Phi) is 4.70. The zero-order chi connectivity index (χ0) is 15.6. The monoisotopic (exact) mass is 301 g/mol. The second-order valence-corrected chi connectivity index (χ2v) is 4.57. The molecule has 1 aromatic carbocycles. The molecule has 0 aromatic heterocycles. The molecule has 9 nitrogen and oxygen atoms in total. The lowest BCUT2D eigenvalue weighted by Gasteiger charge is -2.39. The first kappa shape index (κ1) is 15.6. The van der Waals surface area contributed by atoms with E-state index >= 15 is 0 Å². The van der Waals surface area contributed by atoms with Crippen LogP contribution < -0.4 is 4.74 Å². The molecule has 0 amide bonds. The smallest absolute Gasteiger partial charge is 0.269 e. The van der Waals surface area contributed by atoms with Gasteiger partial charge >= 0.3 is 0 Å². The Bertz CT molecular complexity index is 491. The van der Waals surface area contributed by atoms with Gasteiger partial charge in [0, 0.05) is 12.1 Å². The standard InChI is InChI=1S/C12H15NO8/c14-5-8-9(15)10(16)11(17)12(21-8)20-7-3-1-6(2-4-7)13(18)19/h1-4,8-12,14-17H,5H2/t8-,9+,10-,11-,12+/m1/s1. The van der Waals surface area contributed by atoms with Crippen molar-refractivity contribution in [2.24, 2.45) is 0 Å². The molecule has 0 aliphatic carbocycles. The van der Waals surface area contributed by atoms with Gasteiger partial charge in [0.05, 0.1) is 11.5 Å². The van der Waals surface area contributed by atoms with Gasteiger partial charge in [-0.25, -0.2) is 0 Å². The van der Waals surface area contributed by atoms with E-state index in [4.69, 9.17) is 14.6 Å². The minimum absolute atomic E-state index is 0.129. The minimum atomic E-state index is -1.54. The number of ether oxygens (including phenoxy) is 2. The predicted octanol–water partition coefficient (Wildman–Crippen LogP) is -1.23. The Hall–Kier alpha value is -1.78. The summed E-state index contributed by atoms with van der Waals surface area (Å²) in [7, 11) is 0. The van der Waals surface area contributed by atoms with Crippen LogP contribution in [0.3, 0.4) is 0 Å². The van der Waals surface area contributed by atoms with Gasteiger partial charge in [-0.3, -0.25) is 10.1 Å². The van der Waals surface area contributed by atoms with Crippen molar-refractivity contribution in [2.45, 2.75) is 30.7 Å². The molecule has 1 fully saturated rings. The highest BCUT2D eigenvalue weighted by Crippen LogP contribution is 2.25. The average molecular weight is 301 g/mol. The van der Waals surface area contributed by atoms with Crippen LogP contribution in [0.1, 0.15) is 0 Å². The molecule has 116 valence electrons. The van der Waals surface area contributed by atoms with Gasteiger partial charge in [0.15, 0.2) is 0 Å². The van der Waals surface area contributed by atoms with Crippen LogP contribution in [0.4, 0.5) is 5.69 Å². The number of rotatable bonds is 4. The number of aliphatic hydroxyl groups excluding tert-OH is 4. The van der Waals surface area contributed by atoms with E-state index in [-0.39, 0.29) is 11.4 Å². The molecule has 1 saturated heterocycles. The molecule has 5 atom stereocenters. The number of nitrogens with zero attached hydrogens (tertiary/aromatic N) is 1. The summed E-state index contributed by atoms with van der Waals surface area (Å²) in [5, 5.41) is 48.6. The maximum atomic E-state index is 10.5. The fourth-order valence-corrected chi connectivity index (χ4v) is 1.95. The maximum absolute atomic E-state index is 10.5. The van der Waals surface area contributed by atoms with Gasteiger partial charge in [-0.05, 0) is 12.1 Å². The fourth-order valence-electron chi connectivity index (χ4n) is 1.95. The molecule has 0 spiro atoms. The predicted molar refractivity (Wildman–Crippen MR) is 67.5 cm³/mol. The van der Waals surface area contributed by atoms with Gasteiger partial charge in [0.2, 0.25) is 6.29 Å². The van der Waals surface area contributed by atoms with Gasteiger partial charge in [0.25, 0.3) is 5.69 Å². The Labute approximate surface area is 119 Å². The van der Waals surface area contributed by atoms with Gasteiger partial charge < -0.3 is 29.9 Å². The molecule has 2 rings (SSSR count). The van der Waals surface area contributed by atoms with E-state index < -0.39 is 42.2 Å². The summed E-state index contributed by atoms with van der Waals surface area (Å²) in [5.41, 5.74) is -0.129. The number of nitro groups is 1. The summed E-state index contributed by atoms with van der Waals surface area (Å²) in [6.07, 6.45) is -6.94. The fraction of sp³-hybridized carbons (Fsp3) is 0.500. The molecule has 0 saturated carbocycles. The number of hydrogen-bond donors (Lipinski definition) is 4. The van der Waals surface area contributed by atoms with E-state index in [1.54, 1.807) is 0 Å². The molecule has 0 radical (unpaired) electrons. The molecule has 1 aliphatic rings. The summed E-state index contributed by atoms with van der Waals surface area (Å²) in [5.74, 6) is 0.171. The van der Waals surface area contributed by atoms with Crippen molar-refractivity contribution >= 4 is 5.69 Å². The van der Waals surface area contributed by atoms with E-state index in [0.29, 0.717) is 0 Å². The summed E-state index contributed by atoms with van der Waals surface area (Å²) < 4.78 is 10.4.